The van der Waals surface area contributed by atoms with Gasteiger partial charge >= 0.3 is 0 Å². The van der Waals surface area contributed by atoms with Gasteiger partial charge in [-0.1, -0.05) is 6.92 Å². The summed E-state index contributed by atoms with van der Waals surface area (Å²) < 4.78 is 5.91. The lowest BCUT2D eigenvalue weighted by atomic mass is 10.1. The lowest BCUT2D eigenvalue weighted by molar-refractivity contribution is -0.133. The maximum absolute atomic E-state index is 13.0. The Morgan fingerprint density at radius 3 is 2.54 bits per heavy atom. The van der Waals surface area contributed by atoms with E-state index in [1.165, 1.54) is 0 Å². The van der Waals surface area contributed by atoms with E-state index in [0.717, 1.165) is 21.1 Å². The quantitative estimate of drug-likeness (QED) is 0.739. The fourth-order valence-corrected chi connectivity index (χ4v) is 4.34. The summed E-state index contributed by atoms with van der Waals surface area (Å²) in [6.45, 7) is 11.1. The van der Waals surface area contributed by atoms with Gasteiger partial charge in [-0.3, -0.25) is 14.5 Å². The summed E-state index contributed by atoms with van der Waals surface area (Å²) in [7, 11) is 0. The maximum Gasteiger partial charge on any atom is 0.268 e. The zero-order valence-electron chi connectivity index (χ0n) is 17.1. The minimum Gasteiger partial charge on any atom is -0.478 e. The number of hydrogen-bond acceptors (Lipinski definition) is 5. The monoisotopic (exact) mass is 401 g/mol. The number of thiazole rings is 1. The average Bonchev–Trinajstić information content (AvgIpc) is 3.02. The van der Waals surface area contributed by atoms with Gasteiger partial charge in [0.2, 0.25) is 5.91 Å². The number of aromatic nitrogens is 1. The Morgan fingerprint density at radius 2 is 1.96 bits per heavy atom. The maximum atomic E-state index is 13.0. The van der Waals surface area contributed by atoms with Crippen LogP contribution in [0.4, 0.5) is 5.69 Å². The van der Waals surface area contributed by atoms with Gasteiger partial charge in [-0.2, -0.15) is 0 Å². The molecule has 0 radical (unpaired) electrons. The van der Waals surface area contributed by atoms with Gasteiger partial charge in [-0.05, 0) is 52.3 Å². The number of likely N-dealkylation sites (N-methyl/N-ethyl adjacent to an activating group) is 1. The molecule has 28 heavy (non-hydrogen) atoms. The lowest BCUT2D eigenvalue weighted by Gasteiger charge is -2.35. The van der Waals surface area contributed by atoms with E-state index in [0.29, 0.717) is 30.9 Å². The number of fused-ring (bicyclic) bond motifs is 1. The van der Waals surface area contributed by atoms with Crippen LogP contribution in [0.1, 0.15) is 37.1 Å². The van der Waals surface area contributed by atoms with Crippen LogP contribution in [-0.4, -0.2) is 47.4 Å². The Labute approximate surface area is 170 Å². The molecule has 7 heteroatoms. The van der Waals surface area contributed by atoms with Crippen molar-refractivity contribution in [1.29, 1.82) is 0 Å². The fraction of sp³-hybridized carbons (Fsp3) is 0.476. The number of carbonyl (C=O) groups is 2. The van der Waals surface area contributed by atoms with Crippen LogP contribution in [0.3, 0.4) is 0 Å². The summed E-state index contributed by atoms with van der Waals surface area (Å²) in [5.41, 5.74) is 2.47. The Kier molecular flexibility index (Phi) is 6.03. The van der Waals surface area contributed by atoms with Crippen molar-refractivity contribution < 1.29 is 14.3 Å². The van der Waals surface area contributed by atoms with Gasteiger partial charge in [0, 0.05) is 23.5 Å². The van der Waals surface area contributed by atoms with E-state index >= 15 is 0 Å². The molecule has 0 bridgehead atoms. The highest BCUT2D eigenvalue weighted by Gasteiger charge is 2.35. The number of anilines is 1. The van der Waals surface area contributed by atoms with E-state index in [2.05, 4.69) is 4.98 Å². The van der Waals surface area contributed by atoms with Gasteiger partial charge < -0.3 is 9.64 Å². The summed E-state index contributed by atoms with van der Waals surface area (Å²) in [6.07, 6.45) is -0.00786. The molecule has 0 aliphatic carbocycles. The van der Waals surface area contributed by atoms with Crippen molar-refractivity contribution in [2.45, 2.75) is 47.1 Å². The van der Waals surface area contributed by atoms with Crippen LogP contribution in [-0.2, 0) is 9.59 Å². The number of nitrogens with zero attached hydrogens (tertiary/aromatic N) is 3. The van der Waals surface area contributed by atoms with Gasteiger partial charge in [0.25, 0.3) is 5.91 Å². The van der Waals surface area contributed by atoms with Gasteiger partial charge in [0.1, 0.15) is 12.3 Å². The Bertz CT molecular complexity index is 889. The van der Waals surface area contributed by atoms with Crippen molar-refractivity contribution in [1.82, 2.24) is 9.88 Å². The van der Waals surface area contributed by atoms with Crippen LogP contribution >= 0.6 is 11.3 Å². The molecule has 1 unspecified atom stereocenters. The third-order valence-electron chi connectivity index (χ3n) is 5.02. The minimum atomic E-state index is -0.564. The molecule has 1 aliphatic rings. The molecule has 2 heterocycles. The van der Waals surface area contributed by atoms with Gasteiger partial charge in [-0.25, -0.2) is 4.98 Å². The summed E-state index contributed by atoms with van der Waals surface area (Å²) in [6, 6.07) is 5.76. The van der Waals surface area contributed by atoms with Crippen molar-refractivity contribution in [3.8, 4) is 17.0 Å². The molecule has 150 valence electrons. The Hall–Kier alpha value is -2.41. The van der Waals surface area contributed by atoms with Crippen molar-refractivity contribution in [2.24, 2.45) is 0 Å². The molecular weight excluding hydrogens is 374 g/mol. The van der Waals surface area contributed by atoms with Crippen LogP contribution in [0.25, 0.3) is 11.3 Å². The number of ether oxygens (including phenoxy) is 1. The second-order valence-electron chi connectivity index (χ2n) is 6.83. The zero-order valence-corrected chi connectivity index (χ0v) is 17.9. The van der Waals surface area contributed by atoms with Crippen molar-refractivity contribution in [3.63, 3.8) is 0 Å². The summed E-state index contributed by atoms with van der Waals surface area (Å²) in [5, 5.41) is 0.997. The van der Waals surface area contributed by atoms with Gasteiger partial charge in [-0.15, -0.1) is 11.3 Å². The summed E-state index contributed by atoms with van der Waals surface area (Å²) in [5.74, 6) is 0.401. The SMILES string of the molecule is CCC1Oc2ccc(-c3nc(C)sc3C)cc2N(CC(=O)N(CC)CC)C1=O. The third-order valence-corrected chi connectivity index (χ3v) is 5.90. The number of carbonyl (C=O) groups excluding carboxylic acids is 2. The Morgan fingerprint density at radius 1 is 1.25 bits per heavy atom. The predicted molar refractivity (Wildman–Crippen MR) is 112 cm³/mol. The summed E-state index contributed by atoms with van der Waals surface area (Å²) in [4.78, 5) is 34.8. The molecule has 0 saturated heterocycles. The first kappa shape index (κ1) is 20.3. The fourth-order valence-electron chi connectivity index (χ4n) is 3.50. The largest absolute Gasteiger partial charge is 0.478 e. The third kappa shape index (κ3) is 3.76. The standard InChI is InChI=1S/C21H27N3O3S/c1-6-17-21(26)24(12-19(25)23(7-2)8-3)16-11-15(9-10-18(16)27-17)20-13(4)28-14(5)22-20/h9-11,17H,6-8,12H2,1-5H3. The molecule has 0 N–H and O–H groups in total. The van der Waals surface area contributed by atoms with Gasteiger partial charge in [0.15, 0.2) is 6.10 Å². The molecule has 3 rings (SSSR count). The molecule has 2 aromatic rings. The first-order chi connectivity index (χ1) is 13.4. The normalized spacial score (nSPS) is 16.0. The molecule has 0 saturated carbocycles. The van der Waals surface area contributed by atoms with E-state index in [9.17, 15) is 9.59 Å². The highest BCUT2D eigenvalue weighted by atomic mass is 32.1. The smallest absolute Gasteiger partial charge is 0.268 e. The first-order valence-electron chi connectivity index (χ1n) is 9.73. The van der Waals surface area contributed by atoms with Crippen LogP contribution in [0.2, 0.25) is 0 Å². The molecule has 2 amide bonds. The molecule has 1 aromatic heterocycles. The Balaban J connectivity index is 2.02. The predicted octanol–water partition coefficient (Wildman–Crippen LogP) is 3.80. The molecule has 1 atom stereocenters. The lowest BCUT2D eigenvalue weighted by Crippen LogP contribution is -2.50. The van der Waals surface area contributed by atoms with E-state index in [1.807, 2.05) is 52.8 Å². The number of amides is 2. The molecular formula is C21H27N3O3S. The van der Waals surface area contributed by atoms with Crippen molar-refractivity contribution in [3.05, 3.63) is 28.1 Å². The van der Waals surface area contributed by atoms with Crippen LogP contribution in [0.15, 0.2) is 18.2 Å². The highest BCUT2D eigenvalue weighted by Crippen LogP contribution is 2.39. The second-order valence-corrected chi connectivity index (χ2v) is 8.23. The van der Waals surface area contributed by atoms with Crippen LogP contribution < -0.4 is 9.64 Å². The van der Waals surface area contributed by atoms with E-state index in [-0.39, 0.29) is 18.4 Å². The summed E-state index contributed by atoms with van der Waals surface area (Å²) >= 11 is 1.64. The molecule has 6 nitrogen and oxygen atoms in total. The highest BCUT2D eigenvalue weighted by molar-refractivity contribution is 7.11. The van der Waals surface area contributed by atoms with E-state index in [4.69, 9.17) is 4.74 Å². The number of hydrogen-bond donors (Lipinski definition) is 0. The molecule has 0 fully saturated rings. The first-order valence-corrected chi connectivity index (χ1v) is 10.5. The number of rotatable bonds is 6. The minimum absolute atomic E-state index is 0.0197. The number of benzene rings is 1. The number of aryl methyl sites for hydroxylation is 2. The molecule has 0 spiro atoms. The van der Waals surface area contributed by atoms with Crippen LogP contribution in [0.5, 0.6) is 5.75 Å². The second kappa shape index (κ2) is 8.31. The average molecular weight is 402 g/mol. The van der Waals surface area contributed by atoms with Crippen molar-refractivity contribution in [2.75, 3.05) is 24.5 Å². The van der Waals surface area contributed by atoms with Gasteiger partial charge in [0.05, 0.1) is 16.4 Å². The molecule has 1 aromatic carbocycles. The van der Waals surface area contributed by atoms with Crippen LogP contribution in [0, 0.1) is 13.8 Å². The van der Waals surface area contributed by atoms with E-state index in [1.54, 1.807) is 21.1 Å². The zero-order chi connectivity index (χ0) is 20.4. The van der Waals surface area contributed by atoms with E-state index < -0.39 is 6.10 Å². The van der Waals surface area contributed by atoms with Crippen molar-refractivity contribution >= 4 is 28.8 Å². The topological polar surface area (TPSA) is 62.7 Å². The molecule has 1 aliphatic heterocycles.